The lowest BCUT2D eigenvalue weighted by Crippen LogP contribution is -2.27. The zero-order valence-corrected chi connectivity index (χ0v) is 23.7. The van der Waals surface area contributed by atoms with Crippen molar-refractivity contribution < 1.29 is 23.8 Å². The summed E-state index contributed by atoms with van der Waals surface area (Å²) >= 11 is 1.26. The number of oxazole rings is 1. The van der Waals surface area contributed by atoms with E-state index in [-0.39, 0.29) is 23.7 Å². The van der Waals surface area contributed by atoms with Gasteiger partial charge in [0.15, 0.2) is 0 Å². The molecule has 0 saturated heterocycles. The third kappa shape index (κ3) is 6.67. The Morgan fingerprint density at radius 3 is 2.41 bits per heavy atom. The van der Waals surface area contributed by atoms with E-state index in [9.17, 15) is 15.2 Å². The first-order chi connectivity index (χ1) is 19.5. The summed E-state index contributed by atoms with van der Waals surface area (Å²) in [7, 11) is 1.32. The number of nitriles is 1. The molecule has 0 fully saturated rings. The van der Waals surface area contributed by atoms with E-state index >= 15 is 0 Å². The molecule has 0 bridgehead atoms. The van der Waals surface area contributed by atoms with E-state index in [0.29, 0.717) is 56.1 Å². The predicted octanol–water partition coefficient (Wildman–Crippen LogP) is 5.95. The van der Waals surface area contributed by atoms with E-state index in [1.165, 1.54) is 18.9 Å². The van der Waals surface area contributed by atoms with Crippen LogP contribution in [0.15, 0.2) is 58.0 Å². The van der Waals surface area contributed by atoms with Gasteiger partial charge < -0.3 is 24.7 Å². The van der Waals surface area contributed by atoms with Gasteiger partial charge in [-0.15, -0.1) is 0 Å². The Labute approximate surface area is 241 Å². The van der Waals surface area contributed by atoms with Gasteiger partial charge in [-0.25, -0.2) is 19.6 Å². The smallest absolute Gasteiger partial charge is 0.337 e. The van der Waals surface area contributed by atoms with E-state index < -0.39 is 11.6 Å². The Balaban J connectivity index is 1.61. The van der Waals surface area contributed by atoms with Crippen molar-refractivity contribution in [3.8, 4) is 34.4 Å². The summed E-state index contributed by atoms with van der Waals surface area (Å²) in [6, 6.07) is 15.8. The highest BCUT2D eigenvalue weighted by atomic mass is 32.2. The van der Waals surface area contributed by atoms with Crippen LogP contribution in [0.1, 0.15) is 41.2 Å². The quantitative estimate of drug-likeness (QED) is 0.141. The highest BCUT2D eigenvalue weighted by Gasteiger charge is 2.22. The van der Waals surface area contributed by atoms with Crippen LogP contribution in [-0.4, -0.2) is 40.4 Å². The fraction of sp³-hybridized carbons (Fsp3) is 0.233. The summed E-state index contributed by atoms with van der Waals surface area (Å²) in [6.45, 7) is 12.9. The molecule has 208 valence electrons. The molecule has 41 heavy (non-hydrogen) atoms. The van der Waals surface area contributed by atoms with E-state index in [2.05, 4.69) is 20.9 Å². The van der Waals surface area contributed by atoms with Crippen molar-refractivity contribution in [1.29, 1.82) is 5.26 Å². The molecule has 2 aromatic carbocycles. The lowest BCUT2D eigenvalue weighted by molar-refractivity contribution is 0.0285. The maximum atomic E-state index is 11.7. The first kappa shape index (κ1) is 29.2. The average molecular weight is 570 g/mol. The van der Waals surface area contributed by atoms with Gasteiger partial charge in [-0.2, -0.15) is 5.26 Å². The van der Waals surface area contributed by atoms with Crippen LogP contribution in [0, 0.1) is 24.8 Å². The number of anilines is 1. The molecule has 10 nitrogen and oxygen atoms in total. The molecule has 0 atom stereocenters. The number of carbonyl (C=O) groups is 1. The molecule has 0 radical (unpaired) electrons. The molecule has 2 aromatic heterocycles. The lowest BCUT2D eigenvalue weighted by Gasteiger charge is -2.18. The largest absolute Gasteiger partial charge is 0.491 e. The summed E-state index contributed by atoms with van der Waals surface area (Å²) in [6.07, 6.45) is 0. The summed E-state index contributed by atoms with van der Waals surface area (Å²) < 4.78 is 16.2. The van der Waals surface area contributed by atoms with Crippen LogP contribution >= 0.6 is 11.8 Å². The minimum absolute atomic E-state index is 0.0158. The van der Waals surface area contributed by atoms with Crippen LogP contribution in [-0.2, 0) is 10.5 Å². The number of nitrogens with two attached hydrogens (primary N) is 1. The number of pyridine rings is 1. The topological polar surface area (TPSA) is 149 Å². The van der Waals surface area contributed by atoms with Crippen LogP contribution in [0.5, 0.6) is 5.75 Å². The molecule has 0 aliphatic rings. The van der Waals surface area contributed by atoms with E-state index in [1.54, 1.807) is 69.3 Å². The minimum Gasteiger partial charge on any atom is -0.491 e. The van der Waals surface area contributed by atoms with Gasteiger partial charge in [0.2, 0.25) is 11.6 Å². The van der Waals surface area contributed by atoms with E-state index in [1.807, 2.05) is 0 Å². The second-order valence-corrected chi connectivity index (χ2v) is 10.6. The van der Waals surface area contributed by atoms with Crippen LogP contribution < -0.4 is 10.5 Å². The molecule has 0 amide bonds. The van der Waals surface area contributed by atoms with Crippen molar-refractivity contribution >= 4 is 29.2 Å². The number of nitrogens with zero attached hydrogens (tertiary/aromatic N) is 4. The normalized spacial score (nSPS) is 11.0. The van der Waals surface area contributed by atoms with Gasteiger partial charge in [-0.1, -0.05) is 23.9 Å². The maximum Gasteiger partial charge on any atom is 0.337 e. The van der Waals surface area contributed by atoms with Crippen molar-refractivity contribution in [3.05, 3.63) is 82.5 Å². The minimum atomic E-state index is -0.992. The summed E-state index contributed by atoms with van der Waals surface area (Å²) in [4.78, 5) is 24.2. The number of thioether (sulfide) groups is 1. The number of aliphatic hydroxyl groups is 1. The number of benzene rings is 2. The Kier molecular flexibility index (Phi) is 8.62. The number of carbonyl (C=O) groups excluding carboxylic acids is 1. The first-order valence-electron chi connectivity index (χ1n) is 12.4. The van der Waals surface area contributed by atoms with Crippen molar-refractivity contribution in [2.24, 2.45) is 0 Å². The zero-order valence-electron chi connectivity index (χ0n) is 22.9. The third-order valence-corrected chi connectivity index (χ3v) is 6.90. The van der Waals surface area contributed by atoms with Crippen LogP contribution in [0.3, 0.4) is 0 Å². The van der Waals surface area contributed by atoms with Crippen molar-refractivity contribution in [3.63, 3.8) is 0 Å². The van der Waals surface area contributed by atoms with Crippen molar-refractivity contribution in [2.75, 3.05) is 19.5 Å². The summed E-state index contributed by atoms with van der Waals surface area (Å²) in [5.41, 5.74) is 8.24. The number of methoxy groups -OCH3 is 1. The van der Waals surface area contributed by atoms with Gasteiger partial charge in [0, 0.05) is 16.9 Å². The highest BCUT2D eigenvalue weighted by molar-refractivity contribution is 7.98. The van der Waals surface area contributed by atoms with Crippen molar-refractivity contribution in [1.82, 2.24) is 9.97 Å². The molecule has 0 aliphatic carbocycles. The molecule has 0 aliphatic heterocycles. The van der Waals surface area contributed by atoms with Gasteiger partial charge in [0.05, 0.1) is 36.1 Å². The average Bonchev–Trinajstić information content (AvgIpc) is 3.34. The Hall–Kier alpha value is -4.84. The van der Waals surface area contributed by atoms with Crippen molar-refractivity contribution in [2.45, 2.75) is 37.2 Å². The Morgan fingerprint density at radius 1 is 1.17 bits per heavy atom. The molecule has 4 aromatic rings. The molecular formula is C30H27N5O5S. The number of aryl methyl sites for hydroxylation is 1. The SMILES string of the molecule is [C-]#[N+]c1c(N)nc(SCc2nc(-c3ccc(C(=O)OC)cc3)oc2C)c(C#N)c1-c1ccc(OCC(C)(C)O)cc1. The molecule has 0 spiro atoms. The number of nitrogen functional groups attached to an aromatic ring is 1. The molecule has 4 rings (SSSR count). The number of ether oxygens (including phenoxy) is 2. The first-order valence-corrected chi connectivity index (χ1v) is 13.4. The highest BCUT2D eigenvalue weighted by Crippen LogP contribution is 2.42. The number of rotatable bonds is 9. The van der Waals surface area contributed by atoms with E-state index in [4.69, 9.17) is 26.2 Å². The molecule has 2 heterocycles. The maximum absolute atomic E-state index is 11.7. The fourth-order valence-electron chi connectivity index (χ4n) is 3.84. The Bertz CT molecular complexity index is 1660. The summed E-state index contributed by atoms with van der Waals surface area (Å²) in [5, 5.41) is 20.4. The van der Waals surface area contributed by atoms with Gasteiger partial charge in [-0.3, -0.25) is 0 Å². The third-order valence-electron chi connectivity index (χ3n) is 5.92. The van der Waals surface area contributed by atoms with Gasteiger partial charge >= 0.3 is 5.97 Å². The lowest BCUT2D eigenvalue weighted by atomic mass is 10.00. The molecule has 3 N–H and O–H groups in total. The van der Waals surface area contributed by atoms with Crippen LogP contribution in [0.4, 0.5) is 11.5 Å². The van der Waals surface area contributed by atoms with Gasteiger partial charge in [-0.05, 0) is 62.7 Å². The summed E-state index contributed by atoms with van der Waals surface area (Å²) in [5.74, 6) is 1.43. The molecule has 0 unspecified atom stereocenters. The predicted molar refractivity (Wildman–Crippen MR) is 154 cm³/mol. The standard InChI is InChI=1S/C30H27N5O5S/c1-17-23(34-27(40-17)19-6-8-20(9-7-19)29(36)38-5)15-41-28-22(14-31)24(25(33-4)26(32)35-28)18-10-12-21(13-11-18)39-16-30(2,3)37/h6-13,37H,15-16H2,1-3,5H3,(H2,32,35). The van der Waals surface area contributed by atoms with Gasteiger partial charge in [0.1, 0.15) is 35.0 Å². The van der Waals surface area contributed by atoms with Crippen LogP contribution in [0.25, 0.3) is 27.4 Å². The number of hydrogen-bond acceptors (Lipinski definition) is 10. The number of aromatic nitrogens is 2. The Morgan fingerprint density at radius 2 is 1.83 bits per heavy atom. The number of hydrogen-bond donors (Lipinski definition) is 2. The van der Waals surface area contributed by atoms with E-state index in [0.717, 1.165) is 0 Å². The second-order valence-electron chi connectivity index (χ2n) is 9.63. The fourth-order valence-corrected chi connectivity index (χ4v) is 4.84. The molecule has 11 heteroatoms. The molecule has 0 saturated carbocycles. The number of esters is 1. The second kappa shape index (κ2) is 12.1. The van der Waals surface area contributed by atoms with Crippen LogP contribution in [0.2, 0.25) is 0 Å². The zero-order chi connectivity index (χ0) is 29.7. The molecular weight excluding hydrogens is 542 g/mol. The monoisotopic (exact) mass is 569 g/mol. The van der Waals surface area contributed by atoms with Gasteiger partial charge in [0.25, 0.3) is 0 Å².